The lowest BCUT2D eigenvalue weighted by atomic mass is 10.2. The van der Waals surface area contributed by atoms with E-state index in [0.717, 1.165) is 9.58 Å². The molecule has 0 unspecified atom stereocenters. The van der Waals surface area contributed by atoms with Gasteiger partial charge in [0.1, 0.15) is 23.1 Å². The van der Waals surface area contributed by atoms with Crippen LogP contribution in [0.4, 0.5) is 10.1 Å². The fraction of sp³-hybridized carbons (Fsp3) is 0.120. The average Bonchev–Trinajstić information content (AvgIpc) is 3.18. The van der Waals surface area contributed by atoms with Gasteiger partial charge in [-0.15, -0.1) is 5.10 Å². The van der Waals surface area contributed by atoms with E-state index < -0.39 is 17.4 Å². The van der Waals surface area contributed by atoms with Crippen molar-refractivity contribution < 1.29 is 13.9 Å². The monoisotopic (exact) mass is 489 g/mol. The molecule has 1 amide bonds. The number of carbonyl (C=O) groups excluding carboxylic acids is 1. The number of carbonyl (C=O) groups is 1. The molecule has 0 aliphatic heterocycles. The fourth-order valence-corrected chi connectivity index (χ4v) is 4.54. The molecule has 176 valence electrons. The SMILES string of the molecule is COc1cccc(Sc2nc3ccccc3n3c(=O)n(CC(=O)Nc4ccc(C)c(F)c4)nc23)c1. The maximum atomic E-state index is 13.8. The van der Waals surface area contributed by atoms with Gasteiger partial charge in [0.15, 0.2) is 5.65 Å². The molecule has 5 aromatic rings. The summed E-state index contributed by atoms with van der Waals surface area (Å²) in [7, 11) is 1.59. The molecule has 10 heteroatoms. The zero-order chi connectivity index (χ0) is 24.5. The summed E-state index contributed by atoms with van der Waals surface area (Å²) in [6.45, 7) is 1.30. The smallest absolute Gasteiger partial charge is 0.351 e. The Labute approximate surface area is 203 Å². The zero-order valence-electron chi connectivity index (χ0n) is 18.9. The van der Waals surface area contributed by atoms with Crippen LogP contribution < -0.4 is 15.7 Å². The van der Waals surface area contributed by atoms with Crippen molar-refractivity contribution in [3.63, 3.8) is 0 Å². The van der Waals surface area contributed by atoms with Crippen LogP contribution in [-0.2, 0) is 11.3 Å². The molecule has 1 N–H and O–H groups in total. The van der Waals surface area contributed by atoms with Gasteiger partial charge in [0.05, 0.1) is 18.1 Å². The number of amides is 1. The van der Waals surface area contributed by atoms with Crippen molar-refractivity contribution in [2.24, 2.45) is 0 Å². The molecule has 0 bridgehead atoms. The number of benzene rings is 3. The second-order valence-electron chi connectivity index (χ2n) is 7.80. The number of hydrogen-bond donors (Lipinski definition) is 1. The van der Waals surface area contributed by atoms with Crippen LogP contribution in [0.5, 0.6) is 5.75 Å². The van der Waals surface area contributed by atoms with Crippen molar-refractivity contribution in [2.75, 3.05) is 12.4 Å². The van der Waals surface area contributed by atoms with Gasteiger partial charge < -0.3 is 10.1 Å². The molecule has 0 spiro atoms. The lowest BCUT2D eigenvalue weighted by Crippen LogP contribution is -2.28. The predicted octanol–water partition coefficient (Wildman–Crippen LogP) is 4.29. The van der Waals surface area contributed by atoms with E-state index in [2.05, 4.69) is 10.4 Å². The van der Waals surface area contributed by atoms with Crippen molar-refractivity contribution in [1.82, 2.24) is 19.2 Å². The van der Waals surface area contributed by atoms with Crippen LogP contribution >= 0.6 is 11.8 Å². The van der Waals surface area contributed by atoms with Gasteiger partial charge in [-0.3, -0.25) is 4.79 Å². The number of nitrogens with one attached hydrogen (secondary N) is 1. The quantitative estimate of drug-likeness (QED) is 0.383. The van der Waals surface area contributed by atoms with Crippen LogP contribution in [0.1, 0.15) is 5.56 Å². The third-order valence-electron chi connectivity index (χ3n) is 5.38. The minimum Gasteiger partial charge on any atom is -0.497 e. The molecule has 2 heterocycles. The topological polar surface area (TPSA) is 90.5 Å². The molecule has 0 aliphatic carbocycles. The van der Waals surface area contributed by atoms with Crippen LogP contribution in [0.2, 0.25) is 0 Å². The van der Waals surface area contributed by atoms with Gasteiger partial charge in [0, 0.05) is 10.6 Å². The van der Waals surface area contributed by atoms with Crippen molar-refractivity contribution >= 4 is 40.0 Å². The van der Waals surface area contributed by atoms with E-state index in [1.807, 2.05) is 36.4 Å². The molecule has 0 fully saturated rings. The molecule has 8 nitrogen and oxygen atoms in total. The molecular formula is C25H20FN5O3S. The van der Waals surface area contributed by atoms with Crippen LogP contribution in [-0.4, -0.2) is 32.2 Å². The number of aromatic nitrogens is 4. The third-order valence-corrected chi connectivity index (χ3v) is 6.34. The molecule has 0 atom stereocenters. The zero-order valence-corrected chi connectivity index (χ0v) is 19.7. The lowest BCUT2D eigenvalue weighted by molar-refractivity contribution is -0.117. The third kappa shape index (κ3) is 4.47. The molecular weight excluding hydrogens is 469 g/mol. The van der Waals surface area contributed by atoms with Crippen molar-refractivity contribution in [1.29, 1.82) is 0 Å². The van der Waals surface area contributed by atoms with E-state index in [1.54, 1.807) is 38.3 Å². The Balaban J connectivity index is 1.54. The van der Waals surface area contributed by atoms with Crippen molar-refractivity contribution in [2.45, 2.75) is 23.4 Å². The summed E-state index contributed by atoms with van der Waals surface area (Å²) in [5.41, 5.74) is 1.82. The van der Waals surface area contributed by atoms with Gasteiger partial charge >= 0.3 is 5.69 Å². The normalized spacial score (nSPS) is 11.2. The predicted molar refractivity (Wildman–Crippen MR) is 132 cm³/mol. The maximum Gasteiger partial charge on any atom is 0.351 e. The number of aryl methyl sites for hydroxylation is 1. The number of ether oxygens (including phenoxy) is 1. The molecule has 0 saturated carbocycles. The Bertz CT molecular complexity index is 1650. The summed E-state index contributed by atoms with van der Waals surface area (Å²) < 4.78 is 21.7. The number of hydrogen-bond acceptors (Lipinski definition) is 6. The van der Waals surface area contributed by atoms with Gasteiger partial charge in [-0.25, -0.2) is 23.3 Å². The Morgan fingerprint density at radius 2 is 1.94 bits per heavy atom. The Morgan fingerprint density at radius 1 is 1.11 bits per heavy atom. The molecule has 35 heavy (non-hydrogen) atoms. The van der Waals surface area contributed by atoms with Crippen molar-refractivity contribution in [3.8, 4) is 5.75 Å². The maximum absolute atomic E-state index is 13.8. The van der Waals surface area contributed by atoms with Crippen LogP contribution in [0.25, 0.3) is 16.7 Å². The van der Waals surface area contributed by atoms with E-state index in [9.17, 15) is 14.0 Å². The summed E-state index contributed by atoms with van der Waals surface area (Å²) in [4.78, 5) is 31.5. The first kappa shape index (κ1) is 22.6. The number of rotatable bonds is 6. The van der Waals surface area contributed by atoms with Gasteiger partial charge in [0.25, 0.3) is 0 Å². The van der Waals surface area contributed by atoms with Crippen LogP contribution in [0.3, 0.4) is 0 Å². The van der Waals surface area contributed by atoms with E-state index in [0.29, 0.717) is 38.7 Å². The number of nitrogens with zero attached hydrogens (tertiary/aromatic N) is 4. The van der Waals surface area contributed by atoms with Crippen LogP contribution in [0.15, 0.2) is 81.4 Å². The van der Waals surface area contributed by atoms with Crippen molar-refractivity contribution in [3.05, 3.63) is 88.6 Å². The number of para-hydroxylation sites is 2. The molecule has 2 aromatic heterocycles. The molecule has 0 saturated heterocycles. The summed E-state index contributed by atoms with van der Waals surface area (Å²) in [6, 6.07) is 19.1. The minimum atomic E-state index is -0.502. The van der Waals surface area contributed by atoms with Gasteiger partial charge in [-0.05, 0) is 55.0 Å². The Hall–Kier alpha value is -4.18. The fourth-order valence-electron chi connectivity index (χ4n) is 3.63. The van der Waals surface area contributed by atoms with Gasteiger partial charge in [0.2, 0.25) is 5.91 Å². The summed E-state index contributed by atoms with van der Waals surface area (Å²) in [6.07, 6.45) is 0. The summed E-state index contributed by atoms with van der Waals surface area (Å²) >= 11 is 1.34. The first-order chi connectivity index (χ1) is 16.9. The standard InChI is InChI=1S/C25H20FN5O3S/c1-15-10-11-16(12-19(15)26)27-22(32)14-30-25(33)31-21-9-4-3-8-20(21)28-24(23(31)29-30)35-18-7-5-6-17(13-18)34-2/h3-13H,14H2,1-2H3,(H,27,32). The molecule has 0 aliphatic rings. The first-order valence-corrected chi connectivity index (χ1v) is 11.5. The highest BCUT2D eigenvalue weighted by Gasteiger charge is 2.19. The Kier molecular flexibility index (Phi) is 5.96. The summed E-state index contributed by atoms with van der Waals surface area (Å²) in [5, 5.41) is 7.55. The van der Waals surface area contributed by atoms with Gasteiger partial charge in [-0.2, -0.15) is 0 Å². The minimum absolute atomic E-state index is 0.302. The number of fused-ring (bicyclic) bond motifs is 3. The van der Waals surface area contributed by atoms with E-state index in [4.69, 9.17) is 9.72 Å². The van der Waals surface area contributed by atoms with E-state index in [1.165, 1.54) is 22.2 Å². The van der Waals surface area contributed by atoms with E-state index in [-0.39, 0.29) is 6.54 Å². The number of halogens is 1. The molecule has 5 rings (SSSR count). The molecule has 0 radical (unpaired) electrons. The first-order valence-electron chi connectivity index (χ1n) is 10.7. The lowest BCUT2D eigenvalue weighted by Gasteiger charge is -2.07. The molecule has 3 aromatic carbocycles. The number of methoxy groups -OCH3 is 1. The Morgan fingerprint density at radius 3 is 2.74 bits per heavy atom. The summed E-state index contributed by atoms with van der Waals surface area (Å²) in [5.74, 6) is -0.235. The highest BCUT2D eigenvalue weighted by Crippen LogP contribution is 2.32. The highest BCUT2D eigenvalue weighted by atomic mass is 32.2. The second kappa shape index (κ2) is 9.22. The van der Waals surface area contributed by atoms with E-state index >= 15 is 0 Å². The van der Waals surface area contributed by atoms with Gasteiger partial charge in [-0.1, -0.05) is 36.0 Å². The van der Waals surface area contributed by atoms with Crippen LogP contribution in [0, 0.1) is 12.7 Å². The largest absolute Gasteiger partial charge is 0.497 e. The number of anilines is 1. The average molecular weight is 490 g/mol. The highest BCUT2D eigenvalue weighted by molar-refractivity contribution is 7.99. The second-order valence-corrected chi connectivity index (χ2v) is 8.86.